The van der Waals surface area contributed by atoms with Crippen LogP contribution in [0.15, 0.2) is 53.5 Å². The molecule has 1 aliphatic carbocycles. The maximum absolute atomic E-state index is 12.8. The Bertz CT molecular complexity index is 1330. The number of alkyl halides is 2. The predicted molar refractivity (Wildman–Crippen MR) is 123 cm³/mol. The Morgan fingerprint density at radius 3 is 2.64 bits per heavy atom. The highest BCUT2D eigenvalue weighted by molar-refractivity contribution is 9.10. The summed E-state index contributed by atoms with van der Waals surface area (Å²) in [6.07, 6.45) is 10.0. The summed E-state index contributed by atoms with van der Waals surface area (Å²) in [7, 11) is 0. The summed E-state index contributed by atoms with van der Waals surface area (Å²) < 4.78 is 29.0. The number of nitrogens with zero attached hydrogens (tertiary/aromatic N) is 6. The van der Waals surface area contributed by atoms with Gasteiger partial charge in [-0.3, -0.25) is 4.98 Å². The van der Waals surface area contributed by atoms with E-state index in [1.807, 2.05) is 18.2 Å². The third-order valence-electron chi connectivity index (χ3n) is 6.13. The van der Waals surface area contributed by atoms with Crippen LogP contribution in [-0.2, 0) is 0 Å². The standard InChI is InChI=1S/C23H20BrF2N7/c24-19-12-28-21(22-6-5-18-7-14(9-27)10-30-33(18)22)8-20(19)31-17-3-1-15(2-4-17)16-11-29-32(13-16)23(25)26/h5-8,10-13,15,17,23H,1-4H2,(H,28,31)/t15-,17-. The third kappa shape index (κ3) is 4.33. The highest BCUT2D eigenvalue weighted by atomic mass is 79.9. The van der Waals surface area contributed by atoms with E-state index in [4.69, 9.17) is 5.26 Å². The second-order valence-corrected chi connectivity index (χ2v) is 9.04. The highest BCUT2D eigenvalue weighted by Crippen LogP contribution is 2.36. The van der Waals surface area contributed by atoms with E-state index in [2.05, 4.69) is 42.5 Å². The van der Waals surface area contributed by atoms with Crippen molar-refractivity contribution in [3.63, 3.8) is 0 Å². The number of anilines is 1. The molecule has 1 N–H and O–H groups in total. The van der Waals surface area contributed by atoms with Crippen molar-refractivity contribution in [2.45, 2.75) is 44.2 Å². The zero-order valence-electron chi connectivity index (χ0n) is 17.5. The number of fused-ring (bicyclic) bond motifs is 1. The van der Waals surface area contributed by atoms with Crippen LogP contribution in [0.1, 0.15) is 49.3 Å². The van der Waals surface area contributed by atoms with E-state index in [9.17, 15) is 8.78 Å². The SMILES string of the molecule is N#Cc1cnn2c(-c3cc(N[C@H]4CC[C@H](c5cnn(C(F)F)c5)CC4)c(Br)cn3)ccc2c1. The number of hydrogen-bond donors (Lipinski definition) is 1. The fourth-order valence-corrected chi connectivity index (χ4v) is 4.74. The highest BCUT2D eigenvalue weighted by Gasteiger charge is 2.24. The number of aromatic nitrogens is 5. The molecule has 0 amide bonds. The Balaban J connectivity index is 1.30. The molecule has 7 nitrogen and oxygen atoms in total. The minimum absolute atomic E-state index is 0.253. The lowest BCUT2D eigenvalue weighted by Crippen LogP contribution is -2.25. The third-order valence-corrected chi connectivity index (χ3v) is 6.76. The van der Waals surface area contributed by atoms with E-state index in [-0.39, 0.29) is 12.0 Å². The van der Waals surface area contributed by atoms with Crippen LogP contribution in [0.5, 0.6) is 0 Å². The van der Waals surface area contributed by atoms with Gasteiger partial charge in [-0.05, 0) is 77.4 Å². The van der Waals surface area contributed by atoms with Gasteiger partial charge in [0.15, 0.2) is 0 Å². The minimum Gasteiger partial charge on any atom is -0.381 e. The van der Waals surface area contributed by atoms with Crippen LogP contribution in [0.4, 0.5) is 14.5 Å². The van der Waals surface area contributed by atoms with Gasteiger partial charge in [0.25, 0.3) is 0 Å². The second kappa shape index (κ2) is 8.90. The summed E-state index contributed by atoms with van der Waals surface area (Å²) in [6, 6.07) is 10.0. The molecule has 0 radical (unpaired) electrons. The summed E-state index contributed by atoms with van der Waals surface area (Å²) in [5.41, 5.74) is 4.77. The van der Waals surface area contributed by atoms with Gasteiger partial charge >= 0.3 is 6.55 Å². The first kappa shape index (κ1) is 21.5. The maximum atomic E-state index is 12.8. The molecule has 4 heterocycles. The molecule has 168 valence electrons. The molecule has 0 aliphatic heterocycles. The van der Waals surface area contributed by atoms with Crippen LogP contribution in [0.2, 0.25) is 0 Å². The van der Waals surface area contributed by atoms with E-state index in [1.165, 1.54) is 12.4 Å². The lowest BCUT2D eigenvalue weighted by molar-refractivity contribution is 0.0565. The molecular formula is C23H20BrF2N7. The van der Waals surface area contributed by atoms with E-state index in [1.54, 1.807) is 23.0 Å². The van der Waals surface area contributed by atoms with Gasteiger partial charge in [0.1, 0.15) is 6.07 Å². The summed E-state index contributed by atoms with van der Waals surface area (Å²) in [5, 5.41) is 20.8. The molecule has 1 saturated carbocycles. The number of nitriles is 1. The monoisotopic (exact) mass is 511 g/mol. The minimum atomic E-state index is -2.60. The van der Waals surface area contributed by atoms with Crippen molar-refractivity contribution in [3.8, 4) is 17.5 Å². The van der Waals surface area contributed by atoms with E-state index >= 15 is 0 Å². The van der Waals surface area contributed by atoms with E-state index < -0.39 is 6.55 Å². The normalized spacial score (nSPS) is 18.5. The average molecular weight is 512 g/mol. The van der Waals surface area contributed by atoms with Crippen LogP contribution in [-0.4, -0.2) is 30.4 Å². The summed E-state index contributed by atoms with van der Waals surface area (Å²) in [6.45, 7) is -2.60. The molecule has 5 rings (SSSR count). The molecule has 10 heteroatoms. The lowest BCUT2D eigenvalue weighted by Gasteiger charge is -2.29. The first-order valence-corrected chi connectivity index (χ1v) is 11.4. The van der Waals surface area contributed by atoms with Gasteiger partial charge in [-0.1, -0.05) is 0 Å². The van der Waals surface area contributed by atoms with Crippen LogP contribution >= 0.6 is 15.9 Å². The maximum Gasteiger partial charge on any atom is 0.333 e. The molecule has 0 unspecified atom stereocenters. The fourth-order valence-electron chi connectivity index (χ4n) is 4.40. The first-order valence-electron chi connectivity index (χ1n) is 10.6. The quantitative estimate of drug-likeness (QED) is 0.368. The molecule has 0 atom stereocenters. The van der Waals surface area contributed by atoms with E-state index in [0.717, 1.165) is 63.0 Å². The molecule has 1 aliphatic rings. The first-order chi connectivity index (χ1) is 16.0. The number of pyridine rings is 1. The van der Waals surface area contributed by atoms with Crippen LogP contribution in [0.25, 0.3) is 16.9 Å². The van der Waals surface area contributed by atoms with Gasteiger partial charge in [-0.2, -0.15) is 24.2 Å². The Kier molecular flexibility index (Phi) is 5.81. The lowest BCUT2D eigenvalue weighted by atomic mass is 9.83. The van der Waals surface area contributed by atoms with Crippen LogP contribution in [0, 0.1) is 11.3 Å². The van der Waals surface area contributed by atoms with Crippen molar-refractivity contribution < 1.29 is 8.78 Å². The van der Waals surface area contributed by atoms with Crippen LogP contribution < -0.4 is 5.32 Å². The van der Waals surface area contributed by atoms with Gasteiger partial charge in [-0.25, -0.2) is 9.20 Å². The largest absolute Gasteiger partial charge is 0.381 e. The molecule has 0 spiro atoms. The number of hydrogen-bond acceptors (Lipinski definition) is 5. The molecule has 0 bridgehead atoms. The van der Waals surface area contributed by atoms with Crippen molar-refractivity contribution in [1.29, 1.82) is 5.26 Å². The van der Waals surface area contributed by atoms with Gasteiger partial charge in [0, 0.05) is 18.4 Å². The summed E-state index contributed by atoms with van der Waals surface area (Å²) in [4.78, 5) is 4.55. The fraction of sp³-hybridized carbons (Fsp3) is 0.304. The molecular weight excluding hydrogens is 492 g/mol. The Labute approximate surface area is 197 Å². The van der Waals surface area contributed by atoms with Crippen LogP contribution in [0.3, 0.4) is 0 Å². The zero-order valence-corrected chi connectivity index (χ0v) is 19.1. The summed E-state index contributed by atoms with van der Waals surface area (Å²) >= 11 is 3.59. The van der Waals surface area contributed by atoms with Crippen molar-refractivity contribution >= 4 is 27.1 Å². The molecule has 0 saturated heterocycles. The van der Waals surface area contributed by atoms with E-state index in [0.29, 0.717) is 5.56 Å². The van der Waals surface area contributed by atoms with Crippen molar-refractivity contribution in [1.82, 2.24) is 24.4 Å². The predicted octanol–water partition coefficient (Wildman–Crippen LogP) is 5.76. The smallest absolute Gasteiger partial charge is 0.333 e. The topological polar surface area (TPSA) is 83.8 Å². The Morgan fingerprint density at radius 1 is 1.09 bits per heavy atom. The average Bonchev–Trinajstić information content (AvgIpc) is 3.48. The molecule has 0 aromatic carbocycles. The molecule has 4 aromatic rings. The molecule has 4 aromatic heterocycles. The Hall–Kier alpha value is -3.32. The molecule has 33 heavy (non-hydrogen) atoms. The zero-order chi connectivity index (χ0) is 22.9. The van der Waals surface area contributed by atoms with Crippen molar-refractivity contribution in [2.75, 3.05) is 5.32 Å². The number of rotatable bonds is 5. The number of nitrogens with one attached hydrogen (secondary N) is 1. The second-order valence-electron chi connectivity index (χ2n) is 8.18. The number of halogens is 3. The molecule has 1 fully saturated rings. The Morgan fingerprint density at radius 2 is 1.91 bits per heavy atom. The van der Waals surface area contributed by atoms with Crippen molar-refractivity contribution in [2.24, 2.45) is 0 Å². The van der Waals surface area contributed by atoms with Gasteiger partial charge in [0.2, 0.25) is 0 Å². The summed E-state index contributed by atoms with van der Waals surface area (Å²) in [5.74, 6) is 0.253. The van der Waals surface area contributed by atoms with Gasteiger partial charge in [0.05, 0.1) is 45.0 Å². The van der Waals surface area contributed by atoms with Gasteiger partial charge in [-0.15, -0.1) is 0 Å². The van der Waals surface area contributed by atoms with Gasteiger partial charge < -0.3 is 5.32 Å². The van der Waals surface area contributed by atoms with Crippen molar-refractivity contribution in [3.05, 3.63) is 64.7 Å².